The Bertz CT molecular complexity index is 778. The maximum absolute atomic E-state index is 13.5. The van der Waals surface area contributed by atoms with E-state index >= 15 is 0 Å². The van der Waals surface area contributed by atoms with Gasteiger partial charge in [-0.3, -0.25) is 9.69 Å². The second kappa shape index (κ2) is 14.0. The summed E-state index contributed by atoms with van der Waals surface area (Å²) in [4.78, 5) is 20.4. The van der Waals surface area contributed by atoms with E-state index in [1.165, 1.54) is 44.2 Å². The number of likely N-dealkylation sites (N-methyl/N-ethyl adjacent to an activating group) is 1. The first kappa shape index (κ1) is 27.8. The second-order valence-corrected chi connectivity index (χ2v) is 9.28. The Balaban J connectivity index is 0.00000385. The van der Waals surface area contributed by atoms with Crippen LogP contribution in [-0.4, -0.2) is 68.0 Å². The van der Waals surface area contributed by atoms with Gasteiger partial charge in [-0.25, -0.2) is 13.8 Å². The molecule has 0 unspecified atom stereocenters. The van der Waals surface area contributed by atoms with Gasteiger partial charge in [-0.2, -0.15) is 0 Å². The van der Waals surface area contributed by atoms with E-state index in [-0.39, 0.29) is 42.5 Å². The maximum Gasteiger partial charge on any atom is 0.243 e. The molecule has 0 bridgehead atoms. The van der Waals surface area contributed by atoms with Gasteiger partial charge in [-0.05, 0) is 49.3 Å². The minimum atomic E-state index is -0.808. The van der Waals surface area contributed by atoms with Crippen molar-refractivity contribution in [2.45, 2.75) is 57.5 Å². The molecule has 1 saturated heterocycles. The van der Waals surface area contributed by atoms with E-state index in [4.69, 9.17) is 0 Å². The molecule has 0 aromatic heterocycles. The number of hydrogen-bond donors (Lipinski definition) is 2. The van der Waals surface area contributed by atoms with Gasteiger partial charge in [0, 0.05) is 46.3 Å². The van der Waals surface area contributed by atoms with E-state index in [0.717, 1.165) is 38.0 Å². The standard InChI is InChI=1S/C24H37F2N5O.HI/c1-30(2)23(32)16-28-24(27-15-18-6-4-3-5-7-18)29-20-10-12-31(13-11-20)17-19-8-9-21(25)22(26)14-19;/h8-9,14,18,20H,3-7,10-13,15-17H2,1-2H3,(H2,27,28,29);1H. The molecule has 1 saturated carbocycles. The van der Waals surface area contributed by atoms with Crippen LogP contribution in [0.4, 0.5) is 8.78 Å². The Hall–Kier alpha value is -1.49. The summed E-state index contributed by atoms with van der Waals surface area (Å²) in [6.45, 7) is 3.35. The fourth-order valence-corrected chi connectivity index (χ4v) is 4.40. The van der Waals surface area contributed by atoms with Gasteiger partial charge in [0.2, 0.25) is 5.91 Å². The normalized spacial score (nSPS) is 18.5. The first-order chi connectivity index (χ1) is 15.4. The number of nitrogens with zero attached hydrogens (tertiary/aromatic N) is 3. The van der Waals surface area contributed by atoms with Crippen LogP contribution in [0.15, 0.2) is 23.2 Å². The number of halogens is 3. The number of likely N-dealkylation sites (tertiary alicyclic amines) is 1. The van der Waals surface area contributed by atoms with Crippen molar-refractivity contribution in [2.24, 2.45) is 10.9 Å². The molecule has 1 heterocycles. The van der Waals surface area contributed by atoms with Crippen LogP contribution in [0.3, 0.4) is 0 Å². The SMILES string of the molecule is CN(C)C(=O)CN=C(NCC1CCCCC1)NC1CCN(Cc2ccc(F)c(F)c2)CC1.I. The van der Waals surface area contributed by atoms with Crippen molar-refractivity contribution in [3.63, 3.8) is 0 Å². The van der Waals surface area contributed by atoms with Crippen LogP contribution in [-0.2, 0) is 11.3 Å². The molecule has 0 radical (unpaired) electrons. The lowest BCUT2D eigenvalue weighted by atomic mass is 9.89. The average molecular weight is 578 g/mol. The van der Waals surface area contributed by atoms with Crippen molar-refractivity contribution in [3.05, 3.63) is 35.4 Å². The predicted octanol–water partition coefficient (Wildman–Crippen LogP) is 3.75. The minimum absolute atomic E-state index is 0. The highest BCUT2D eigenvalue weighted by atomic mass is 127. The average Bonchev–Trinajstić information content (AvgIpc) is 2.79. The zero-order chi connectivity index (χ0) is 22.9. The van der Waals surface area contributed by atoms with E-state index in [0.29, 0.717) is 18.4 Å². The summed E-state index contributed by atoms with van der Waals surface area (Å²) in [5.41, 5.74) is 0.786. The third-order valence-electron chi connectivity index (χ3n) is 6.47. The number of piperidine rings is 1. The Morgan fingerprint density at radius 3 is 2.42 bits per heavy atom. The molecule has 1 aromatic rings. The number of rotatable bonds is 7. The van der Waals surface area contributed by atoms with Crippen LogP contribution >= 0.6 is 24.0 Å². The second-order valence-electron chi connectivity index (χ2n) is 9.28. The summed E-state index contributed by atoms with van der Waals surface area (Å²) in [7, 11) is 3.48. The molecule has 0 atom stereocenters. The van der Waals surface area contributed by atoms with Crippen LogP contribution in [0, 0.1) is 17.6 Å². The Morgan fingerprint density at radius 1 is 1.09 bits per heavy atom. The first-order valence-corrected chi connectivity index (χ1v) is 11.8. The lowest BCUT2D eigenvalue weighted by Gasteiger charge is -2.33. The lowest BCUT2D eigenvalue weighted by molar-refractivity contribution is -0.127. The molecule has 1 aromatic carbocycles. The number of benzene rings is 1. The molecule has 6 nitrogen and oxygen atoms in total. The molecule has 9 heteroatoms. The molecule has 2 N–H and O–H groups in total. The number of guanidine groups is 1. The van der Waals surface area contributed by atoms with Gasteiger partial charge in [-0.1, -0.05) is 25.3 Å². The highest BCUT2D eigenvalue weighted by molar-refractivity contribution is 14.0. The summed E-state index contributed by atoms with van der Waals surface area (Å²) in [5, 5.41) is 6.99. The number of carbonyl (C=O) groups is 1. The van der Waals surface area contributed by atoms with Crippen LogP contribution in [0.25, 0.3) is 0 Å². The summed E-state index contributed by atoms with van der Waals surface area (Å²) >= 11 is 0. The van der Waals surface area contributed by atoms with Crippen molar-refractivity contribution in [3.8, 4) is 0 Å². The quantitative estimate of drug-likeness (QED) is 0.295. The molecule has 1 aliphatic heterocycles. The van der Waals surface area contributed by atoms with E-state index in [1.807, 2.05) is 0 Å². The third kappa shape index (κ3) is 9.35. The van der Waals surface area contributed by atoms with Gasteiger partial charge >= 0.3 is 0 Å². The molecule has 3 rings (SSSR count). The number of hydrogen-bond acceptors (Lipinski definition) is 3. The van der Waals surface area contributed by atoms with Crippen molar-refractivity contribution < 1.29 is 13.6 Å². The van der Waals surface area contributed by atoms with Gasteiger partial charge in [-0.15, -0.1) is 24.0 Å². The monoisotopic (exact) mass is 577 g/mol. The van der Waals surface area contributed by atoms with Crippen molar-refractivity contribution in [2.75, 3.05) is 40.3 Å². The molecule has 186 valence electrons. The zero-order valence-corrected chi connectivity index (χ0v) is 22.1. The van der Waals surface area contributed by atoms with Crippen LogP contribution in [0.5, 0.6) is 0 Å². The number of amides is 1. The zero-order valence-electron chi connectivity index (χ0n) is 19.8. The summed E-state index contributed by atoms with van der Waals surface area (Å²) in [6.07, 6.45) is 8.27. The van der Waals surface area contributed by atoms with Crippen LogP contribution in [0.2, 0.25) is 0 Å². The largest absolute Gasteiger partial charge is 0.356 e. The van der Waals surface area contributed by atoms with Gasteiger partial charge < -0.3 is 15.5 Å². The minimum Gasteiger partial charge on any atom is -0.356 e. The molecule has 33 heavy (non-hydrogen) atoms. The molecular formula is C24H38F2IN5O. The fraction of sp³-hybridized carbons (Fsp3) is 0.667. The Labute approximate surface area is 213 Å². The summed E-state index contributed by atoms with van der Waals surface area (Å²) in [6, 6.07) is 4.38. The number of aliphatic imine (C=N–C) groups is 1. The van der Waals surface area contributed by atoms with E-state index in [9.17, 15) is 13.6 Å². The summed E-state index contributed by atoms with van der Waals surface area (Å²) in [5.74, 6) is -0.249. The van der Waals surface area contributed by atoms with Crippen molar-refractivity contribution in [1.29, 1.82) is 0 Å². The Kier molecular flexibility index (Phi) is 11.8. The van der Waals surface area contributed by atoms with Gasteiger partial charge in [0.1, 0.15) is 6.54 Å². The predicted molar refractivity (Wildman–Crippen MR) is 139 cm³/mol. The smallest absolute Gasteiger partial charge is 0.243 e. The highest BCUT2D eigenvalue weighted by Crippen LogP contribution is 2.22. The van der Waals surface area contributed by atoms with Crippen molar-refractivity contribution >= 4 is 35.8 Å². The molecule has 0 spiro atoms. The summed E-state index contributed by atoms with van der Waals surface area (Å²) < 4.78 is 26.6. The molecule has 1 aliphatic carbocycles. The molecular weight excluding hydrogens is 539 g/mol. The highest BCUT2D eigenvalue weighted by Gasteiger charge is 2.21. The van der Waals surface area contributed by atoms with Crippen LogP contribution in [0.1, 0.15) is 50.5 Å². The van der Waals surface area contributed by atoms with Crippen LogP contribution < -0.4 is 10.6 Å². The molecule has 2 aliphatic rings. The van der Waals surface area contributed by atoms with E-state index < -0.39 is 11.6 Å². The number of carbonyl (C=O) groups excluding carboxylic acids is 1. The topological polar surface area (TPSA) is 60.0 Å². The van der Waals surface area contributed by atoms with Gasteiger partial charge in [0.15, 0.2) is 17.6 Å². The molecule has 1 amide bonds. The van der Waals surface area contributed by atoms with E-state index in [2.05, 4.69) is 20.5 Å². The van der Waals surface area contributed by atoms with Gasteiger partial charge in [0.25, 0.3) is 0 Å². The third-order valence-corrected chi connectivity index (χ3v) is 6.47. The van der Waals surface area contributed by atoms with Crippen molar-refractivity contribution in [1.82, 2.24) is 20.4 Å². The number of nitrogens with one attached hydrogen (secondary N) is 2. The fourth-order valence-electron chi connectivity index (χ4n) is 4.40. The maximum atomic E-state index is 13.5. The first-order valence-electron chi connectivity index (χ1n) is 11.8. The van der Waals surface area contributed by atoms with Gasteiger partial charge in [0.05, 0.1) is 0 Å². The lowest BCUT2D eigenvalue weighted by Crippen LogP contribution is -2.49. The van der Waals surface area contributed by atoms with E-state index in [1.54, 1.807) is 25.1 Å². The molecule has 2 fully saturated rings. The Morgan fingerprint density at radius 2 is 1.79 bits per heavy atom.